The molecule has 23 heavy (non-hydrogen) atoms. The van der Waals surface area contributed by atoms with Crippen LogP contribution in [0.25, 0.3) is 0 Å². The molecule has 7 heteroatoms. The van der Waals surface area contributed by atoms with Crippen molar-refractivity contribution in [2.45, 2.75) is 26.3 Å². The molecule has 0 fully saturated rings. The van der Waals surface area contributed by atoms with Crippen LogP contribution in [0.4, 0.5) is 0 Å². The lowest BCUT2D eigenvalue weighted by Crippen LogP contribution is -2.29. The molecule has 0 aromatic carbocycles. The zero-order valence-electron chi connectivity index (χ0n) is 13.2. The first kappa shape index (κ1) is 15.9. The fourth-order valence-corrected chi connectivity index (χ4v) is 3.93. The van der Waals surface area contributed by atoms with Crippen LogP contribution in [0.1, 0.15) is 37.5 Å². The van der Waals surface area contributed by atoms with Crippen LogP contribution in [-0.4, -0.2) is 20.7 Å². The second-order valence-electron chi connectivity index (χ2n) is 5.46. The van der Waals surface area contributed by atoms with E-state index in [0.717, 1.165) is 17.1 Å². The van der Waals surface area contributed by atoms with Crippen LogP contribution in [0.5, 0.6) is 0 Å². The van der Waals surface area contributed by atoms with Crippen molar-refractivity contribution in [2.24, 2.45) is 7.05 Å². The molecule has 1 N–H and O–H groups in total. The van der Waals surface area contributed by atoms with Crippen molar-refractivity contribution >= 4 is 28.6 Å². The van der Waals surface area contributed by atoms with Gasteiger partial charge in [-0.3, -0.25) is 9.48 Å². The lowest BCUT2D eigenvalue weighted by atomic mass is 10.1. The predicted octanol–water partition coefficient (Wildman–Crippen LogP) is 3.27. The zero-order chi connectivity index (χ0) is 16.4. The molecule has 120 valence electrons. The number of thiophene rings is 1. The van der Waals surface area contributed by atoms with Crippen LogP contribution in [-0.2, 0) is 13.5 Å². The monoisotopic (exact) mass is 346 g/mol. The average molecular weight is 346 g/mol. The van der Waals surface area contributed by atoms with Gasteiger partial charge in [-0.25, -0.2) is 4.98 Å². The van der Waals surface area contributed by atoms with E-state index in [2.05, 4.69) is 33.8 Å². The number of rotatable bonds is 5. The summed E-state index contributed by atoms with van der Waals surface area (Å²) < 4.78 is 1.63. The summed E-state index contributed by atoms with van der Waals surface area (Å²) in [6.07, 6.45) is 4.03. The molecule has 0 aliphatic carbocycles. The minimum atomic E-state index is -0.130. The number of aryl methyl sites for hydroxylation is 3. The summed E-state index contributed by atoms with van der Waals surface area (Å²) in [6, 6.07) is 1.95. The van der Waals surface area contributed by atoms with Gasteiger partial charge in [-0.15, -0.1) is 11.3 Å². The van der Waals surface area contributed by atoms with E-state index in [1.54, 1.807) is 46.8 Å². The molecule has 0 aliphatic heterocycles. The molecule has 0 bridgehead atoms. The molecule has 0 radical (unpaired) electrons. The fourth-order valence-electron chi connectivity index (χ4n) is 2.27. The number of thiazole rings is 1. The Balaban J connectivity index is 1.83. The molecule has 0 saturated carbocycles. The van der Waals surface area contributed by atoms with Crippen molar-refractivity contribution < 1.29 is 4.79 Å². The highest BCUT2D eigenvalue weighted by Crippen LogP contribution is 2.26. The molecule has 0 saturated heterocycles. The van der Waals surface area contributed by atoms with E-state index in [-0.39, 0.29) is 11.9 Å². The fraction of sp³-hybridized carbons (Fsp3) is 0.312. The van der Waals surface area contributed by atoms with Crippen LogP contribution >= 0.6 is 22.7 Å². The van der Waals surface area contributed by atoms with Crippen molar-refractivity contribution in [2.75, 3.05) is 0 Å². The van der Waals surface area contributed by atoms with E-state index in [4.69, 9.17) is 0 Å². The van der Waals surface area contributed by atoms with Crippen molar-refractivity contribution in [1.29, 1.82) is 0 Å². The van der Waals surface area contributed by atoms with Gasteiger partial charge in [-0.05, 0) is 36.2 Å². The van der Waals surface area contributed by atoms with Gasteiger partial charge in [0.1, 0.15) is 5.01 Å². The van der Waals surface area contributed by atoms with Gasteiger partial charge >= 0.3 is 0 Å². The normalized spacial score (nSPS) is 12.3. The Labute approximate surface area is 143 Å². The molecule has 1 amide bonds. The third kappa shape index (κ3) is 3.68. The van der Waals surface area contributed by atoms with Gasteiger partial charge in [0.25, 0.3) is 5.91 Å². The third-order valence-corrected chi connectivity index (χ3v) is 5.55. The second kappa shape index (κ2) is 6.64. The van der Waals surface area contributed by atoms with Crippen LogP contribution < -0.4 is 5.32 Å². The van der Waals surface area contributed by atoms with E-state index in [1.165, 1.54) is 10.4 Å². The summed E-state index contributed by atoms with van der Waals surface area (Å²) in [4.78, 5) is 18.3. The van der Waals surface area contributed by atoms with Gasteiger partial charge in [0.05, 0.1) is 23.5 Å². The molecule has 0 aliphatic rings. The maximum absolute atomic E-state index is 12.5. The second-order valence-corrected chi connectivity index (χ2v) is 7.47. The Morgan fingerprint density at radius 2 is 2.26 bits per heavy atom. The molecular weight excluding hydrogens is 328 g/mol. The summed E-state index contributed by atoms with van der Waals surface area (Å²) >= 11 is 3.30. The van der Waals surface area contributed by atoms with Crippen LogP contribution in [0.15, 0.2) is 29.2 Å². The average Bonchev–Trinajstić information content (AvgIpc) is 3.22. The van der Waals surface area contributed by atoms with Crippen LogP contribution in [0, 0.1) is 13.8 Å². The Bertz CT molecular complexity index is 785. The van der Waals surface area contributed by atoms with Gasteiger partial charge in [-0.1, -0.05) is 0 Å². The van der Waals surface area contributed by atoms with E-state index in [9.17, 15) is 4.79 Å². The number of nitrogens with zero attached hydrogens (tertiary/aromatic N) is 3. The van der Waals surface area contributed by atoms with E-state index >= 15 is 0 Å². The Hall–Kier alpha value is -1.99. The number of nitrogens with one attached hydrogen (secondary N) is 1. The Kier molecular flexibility index (Phi) is 4.58. The predicted molar refractivity (Wildman–Crippen MR) is 93.0 cm³/mol. The number of hydrogen-bond donors (Lipinski definition) is 1. The summed E-state index contributed by atoms with van der Waals surface area (Å²) in [5.41, 5.74) is 2.79. The minimum absolute atomic E-state index is 0.121. The molecule has 5 nitrogen and oxygen atoms in total. The van der Waals surface area contributed by atoms with E-state index < -0.39 is 0 Å². The SMILES string of the molecule is Cc1nc([C@@H](Cc2ccsc2)NC(=O)c2cnn(C)c2)sc1C. The van der Waals surface area contributed by atoms with Crippen molar-refractivity contribution in [3.05, 3.63) is 55.9 Å². The molecular formula is C16H18N4OS2. The molecule has 3 aromatic rings. The zero-order valence-corrected chi connectivity index (χ0v) is 14.9. The van der Waals surface area contributed by atoms with Gasteiger partial charge in [-0.2, -0.15) is 16.4 Å². The first-order valence-electron chi connectivity index (χ1n) is 7.27. The quantitative estimate of drug-likeness (QED) is 0.771. The lowest BCUT2D eigenvalue weighted by molar-refractivity contribution is 0.0936. The van der Waals surface area contributed by atoms with Crippen molar-refractivity contribution in [3.63, 3.8) is 0 Å². The standard InChI is InChI=1S/C16H18N4OS2/c1-10-11(2)23-16(18-10)14(6-12-4-5-22-9-12)19-15(21)13-7-17-20(3)8-13/h4-5,7-9,14H,6H2,1-3H3,(H,19,21)/t14-/m1/s1. The summed E-state index contributed by atoms with van der Waals surface area (Å²) in [7, 11) is 1.80. The largest absolute Gasteiger partial charge is 0.342 e. The number of carbonyl (C=O) groups is 1. The van der Waals surface area contributed by atoms with Crippen molar-refractivity contribution in [3.8, 4) is 0 Å². The number of amides is 1. The molecule has 1 atom stereocenters. The van der Waals surface area contributed by atoms with E-state index in [1.807, 2.05) is 12.3 Å². The maximum Gasteiger partial charge on any atom is 0.255 e. The number of hydrogen-bond acceptors (Lipinski definition) is 5. The molecule has 3 rings (SSSR count). The number of aromatic nitrogens is 3. The molecule has 0 unspecified atom stereocenters. The Morgan fingerprint density at radius 3 is 2.83 bits per heavy atom. The highest BCUT2D eigenvalue weighted by Gasteiger charge is 2.21. The first-order valence-corrected chi connectivity index (χ1v) is 9.03. The molecule has 3 aromatic heterocycles. The summed E-state index contributed by atoms with van der Waals surface area (Å²) in [6.45, 7) is 4.06. The third-order valence-electron chi connectivity index (χ3n) is 3.64. The molecule has 0 spiro atoms. The van der Waals surface area contributed by atoms with Gasteiger partial charge < -0.3 is 5.32 Å². The lowest BCUT2D eigenvalue weighted by Gasteiger charge is -2.15. The first-order chi connectivity index (χ1) is 11.0. The summed E-state index contributed by atoms with van der Waals surface area (Å²) in [5.74, 6) is -0.121. The van der Waals surface area contributed by atoms with Gasteiger partial charge in [0.2, 0.25) is 0 Å². The maximum atomic E-state index is 12.5. The van der Waals surface area contributed by atoms with Crippen molar-refractivity contribution in [1.82, 2.24) is 20.1 Å². The highest BCUT2D eigenvalue weighted by molar-refractivity contribution is 7.11. The van der Waals surface area contributed by atoms with Crippen LogP contribution in [0.3, 0.4) is 0 Å². The highest BCUT2D eigenvalue weighted by atomic mass is 32.1. The van der Waals surface area contributed by atoms with Crippen LogP contribution in [0.2, 0.25) is 0 Å². The van der Waals surface area contributed by atoms with Gasteiger partial charge in [0.15, 0.2) is 0 Å². The number of carbonyl (C=O) groups excluding carboxylic acids is 1. The van der Waals surface area contributed by atoms with Gasteiger partial charge in [0, 0.05) is 24.5 Å². The minimum Gasteiger partial charge on any atom is -0.342 e. The smallest absolute Gasteiger partial charge is 0.255 e. The Morgan fingerprint density at radius 1 is 1.43 bits per heavy atom. The topological polar surface area (TPSA) is 59.8 Å². The molecule has 3 heterocycles. The van der Waals surface area contributed by atoms with E-state index in [0.29, 0.717) is 5.56 Å². The summed E-state index contributed by atoms with van der Waals surface area (Å²) in [5, 5.41) is 12.3.